The number of aliphatic hydroxyl groups is 2. The van der Waals surface area contributed by atoms with Crippen LogP contribution in [0.1, 0.15) is 23.7 Å². The third kappa shape index (κ3) is 4.24. The lowest BCUT2D eigenvalue weighted by Gasteiger charge is -2.21. The first kappa shape index (κ1) is 16.5. The molecule has 2 unspecified atom stereocenters. The molecule has 0 fully saturated rings. The van der Waals surface area contributed by atoms with Gasteiger partial charge in [-0.3, -0.25) is 0 Å². The lowest BCUT2D eigenvalue weighted by atomic mass is 9.98. The van der Waals surface area contributed by atoms with Crippen molar-refractivity contribution in [3.8, 4) is 0 Å². The van der Waals surface area contributed by atoms with Gasteiger partial charge in [-0.2, -0.15) is 13.2 Å². The zero-order valence-corrected chi connectivity index (χ0v) is 10.7. The summed E-state index contributed by atoms with van der Waals surface area (Å²) in [7, 11) is 0. The second kappa shape index (κ2) is 6.76. The van der Waals surface area contributed by atoms with Gasteiger partial charge < -0.3 is 10.2 Å². The zero-order chi connectivity index (χ0) is 15.3. The average Bonchev–Trinajstić information content (AvgIpc) is 2.36. The van der Waals surface area contributed by atoms with Crippen LogP contribution in [-0.4, -0.2) is 27.8 Å². The molecule has 20 heavy (non-hydrogen) atoms. The molecule has 1 aromatic heterocycles. The van der Waals surface area contributed by atoms with E-state index in [1.165, 1.54) is 0 Å². The van der Waals surface area contributed by atoms with Gasteiger partial charge in [-0.05, 0) is 23.6 Å². The Kier molecular flexibility index (Phi) is 5.58. The maximum atomic E-state index is 12.8. The fourth-order valence-electron chi connectivity index (χ4n) is 1.53. The summed E-state index contributed by atoms with van der Waals surface area (Å²) < 4.78 is 38.3. The van der Waals surface area contributed by atoms with Gasteiger partial charge in [-0.15, -0.1) is 0 Å². The summed E-state index contributed by atoms with van der Waals surface area (Å²) in [6, 6.07) is 0.839. The minimum atomic E-state index is -4.74. The van der Waals surface area contributed by atoms with Crippen LogP contribution in [0.2, 0.25) is 5.15 Å². The molecule has 1 aromatic rings. The van der Waals surface area contributed by atoms with E-state index in [1.807, 2.05) is 0 Å². The molecule has 1 rings (SSSR count). The molecule has 0 spiro atoms. The maximum absolute atomic E-state index is 12.8. The van der Waals surface area contributed by atoms with Gasteiger partial charge in [0.15, 0.2) is 0 Å². The number of rotatable bonds is 5. The van der Waals surface area contributed by atoms with E-state index in [2.05, 4.69) is 15.0 Å². The lowest BCUT2D eigenvalue weighted by molar-refractivity contribution is -0.140. The molecule has 2 N–H and O–H groups in total. The van der Waals surface area contributed by atoms with Crippen molar-refractivity contribution in [2.75, 3.05) is 6.54 Å². The van der Waals surface area contributed by atoms with Crippen LogP contribution in [0.4, 0.5) is 13.2 Å². The second-order valence-electron chi connectivity index (χ2n) is 3.85. The molecule has 0 aromatic carbocycles. The molecule has 0 saturated heterocycles. The van der Waals surface area contributed by atoms with Crippen LogP contribution in [0.25, 0.3) is 10.4 Å². The van der Waals surface area contributed by atoms with E-state index in [-0.39, 0.29) is 18.1 Å². The van der Waals surface area contributed by atoms with Gasteiger partial charge in [0, 0.05) is 17.7 Å². The van der Waals surface area contributed by atoms with Crippen molar-refractivity contribution < 1.29 is 23.4 Å². The van der Waals surface area contributed by atoms with Gasteiger partial charge in [0.05, 0.1) is 11.7 Å². The number of aromatic nitrogens is 1. The van der Waals surface area contributed by atoms with Crippen LogP contribution in [0.5, 0.6) is 0 Å². The quantitative estimate of drug-likeness (QED) is 0.378. The summed E-state index contributed by atoms with van der Waals surface area (Å²) >= 11 is 5.50. The SMILES string of the molecule is [N-]=[N+]=NCCC(O)C(O)c1cc(Cl)ncc1C(F)(F)F. The molecule has 2 atom stereocenters. The fraction of sp³-hybridized carbons (Fsp3) is 0.500. The predicted molar refractivity (Wildman–Crippen MR) is 63.8 cm³/mol. The number of azide groups is 1. The van der Waals surface area contributed by atoms with Gasteiger partial charge in [0.1, 0.15) is 11.3 Å². The standard InChI is InChI=1S/C10H10ClF3N4O2/c11-8-3-5(6(4-16-8)10(12,13)14)9(20)7(19)1-2-17-18-15/h3-4,7,9,19-20H,1-2H2. The summed E-state index contributed by atoms with van der Waals surface area (Å²) in [6.07, 6.45) is -7.79. The molecule has 110 valence electrons. The van der Waals surface area contributed by atoms with Crippen molar-refractivity contribution in [1.82, 2.24) is 4.98 Å². The first-order chi connectivity index (χ1) is 9.27. The minimum absolute atomic E-state index is 0.158. The highest BCUT2D eigenvalue weighted by Crippen LogP contribution is 2.36. The summed E-state index contributed by atoms with van der Waals surface area (Å²) in [5.74, 6) is 0. The van der Waals surface area contributed by atoms with Crippen molar-refractivity contribution in [3.63, 3.8) is 0 Å². The van der Waals surface area contributed by atoms with E-state index in [0.29, 0.717) is 6.20 Å². The average molecular weight is 311 g/mol. The van der Waals surface area contributed by atoms with Gasteiger partial charge in [0.25, 0.3) is 0 Å². The number of hydrogen-bond donors (Lipinski definition) is 2. The maximum Gasteiger partial charge on any atom is 0.418 e. The molecule has 0 aliphatic rings. The third-order valence-corrected chi connectivity index (χ3v) is 2.69. The topological polar surface area (TPSA) is 102 Å². The highest BCUT2D eigenvalue weighted by atomic mass is 35.5. The zero-order valence-electron chi connectivity index (χ0n) is 9.92. The number of nitrogens with zero attached hydrogens (tertiary/aromatic N) is 4. The Morgan fingerprint density at radius 1 is 1.45 bits per heavy atom. The molecule has 0 bridgehead atoms. The molecule has 1 heterocycles. The smallest absolute Gasteiger partial charge is 0.390 e. The van der Waals surface area contributed by atoms with Crippen molar-refractivity contribution in [1.29, 1.82) is 0 Å². The molecular weight excluding hydrogens is 301 g/mol. The van der Waals surface area contributed by atoms with Crippen molar-refractivity contribution in [2.24, 2.45) is 5.11 Å². The molecule has 10 heteroatoms. The first-order valence-electron chi connectivity index (χ1n) is 5.37. The Balaban J connectivity index is 3.04. The van der Waals surface area contributed by atoms with E-state index in [4.69, 9.17) is 17.1 Å². The Hall–Kier alpha value is -1.54. The van der Waals surface area contributed by atoms with Gasteiger partial charge in [0.2, 0.25) is 0 Å². The monoisotopic (exact) mass is 310 g/mol. The molecule has 0 aliphatic carbocycles. The number of halogens is 4. The van der Waals surface area contributed by atoms with E-state index < -0.39 is 29.5 Å². The number of aliphatic hydroxyl groups excluding tert-OH is 2. The fourth-order valence-corrected chi connectivity index (χ4v) is 1.69. The summed E-state index contributed by atoms with van der Waals surface area (Å²) in [6.45, 7) is -0.158. The molecule has 6 nitrogen and oxygen atoms in total. The van der Waals surface area contributed by atoms with Crippen molar-refractivity contribution in [2.45, 2.75) is 24.8 Å². The van der Waals surface area contributed by atoms with Crippen LogP contribution in [0, 0.1) is 0 Å². The van der Waals surface area contributed by atoms with Gasteiger partial charge >= 0.3 is 6.18 Å². The van der Waals surface area contributed by atoms with Crippen LogP contribution in [0.3, 0.4) is 0 Å². The Morgan fingerprint density at radius 3 is 2.65 bits per heavy atom. The van der Waals surface area contributed by atoms with Gasteiger partial charge in [-0.25, -0.2) is 4.98 Å². The highest BCUT2D eigenvalue weighted by molar-refractivity contribution is 6.29. The first-order valence-corrected chi connectivity index (χ1v) is 5.74. The summed E-state index contributed by atoms with van der Waals surface area (Å²) in [5.41, 5.74) is 6.30. The second-order valence-corrected chi connectivity index (χ2v) is 4.23. The Morgan fingerprint density at radius 2 is 2.10 bits per heavy atom. The molecule has 0 amide bonds. The highest BCUT2D eigenvalue weighted by Gasteiger charge is 2.37. The number of pyridine rings is 1. The third-order valence-electron chi connectivity index (χ3n) is 2.48. The van der Waals surface area contributed by atoms with Gasteiger partial charge in [-0.1, -0.05) is 16.7 Å². The Bertz CT molecular complexity index is 520. The van der Waals surface area contributed by atoms with E-state index in [9.17, 15) is 23.4 Å². The van der Waals surface area contributed by atoms with Crippen molar-refractivity contribution >= 4 is 11.6 Å². The molecule has 0 saturated carbocycles. The van der Waals surface area contributed by atoms with E-state index in [1.54, 1.807) is 0 Å². The van der Waals surface area contributed by atoms with E-state index >= 15 is 0 Å². The number of alkyl halides is 3. The van der Waals surface area contributed by atoms with Crippen LogP contribution in [-0.2, 0) is 6.18 Å². The number of hydrogen-bond acceptors (Lipinski definition) is 4. The normalized spacial score (nSPS) is 14.5. The Labute approximate surface area is 116 Å². The van der Waals surface area contributed by atoms with E-state index in [0.717, 1.165) is 6.07 Å². The summed E-state index contributed by atoms with van der Waals surface area (Å²) in [4.78, 5) is 5.74. The largest absolute Gasteiger partial charge is 0.418 e. The van der Waals surface area contributed by atoms with Crippen molar-refractivity contribution in [3.05, 3.63) is 39.0 Å². The molecular formula is C10H10ClF3N4O2. The van der Waals surface area contributed by atoms with Crippen LogP contribution in [0.15, 0.2) is 17.4 Å². The molecule has 0 radical (unpaired) electrons. The van der Waals surface area contributed by atoms with Crippen LogP contribution < -0.4 is 0 Å². The molecule has 0 aliphatic heterocycles. The summed E-state index contributed by atoms with van der Waals surface area (Å²) in [5, 5.41) is 22.3. The van der Waals surface area contributed by atoms with Crippen LogP contribution >= 0.6 is 11.6 Å². The lowest BCUT2D eigenvalue weighted by Crippen LogP contribution is -2.23. The minimum Gasteiger partial charge on any atom is -0.390 e. The predicted octanol–water partition coefficient (Wildman–Crippen LogP) is 2.85.